The van der Waals surface area contributed by atoms with Gasteiger partial charge in [0.15, 0.2) is 0 Å². The summed E-state index contributed by atoms with van der Waals surface area (Å²) in [5.41, 5.74) is 10.6. The van der Waals surface area contributed by atoms with E-state index < -0.39 is 17.9 Å². The number of benzene rings is 2. The number of hydrogen-bond acceptors (Lipinski definition) is 5. The van der Waals surface area contributed by atoms with Gasteiger partial charge in [0.1, 0.15) is 6.04 Å². The summed E-state index contributed by atoms with van der Waals surface area (Å²) in [5.74, 6) is -0.569. The maximum Gasteiger partial charge on any atom is 0.267 e. The number of nitrogens with one attached hydrogen (secondary N) is 3. The summed E-state index contributed by atoms with van der Waals surface area (Å²) in [6, 6.07) is 14.4. The summed E-state index contributed by atoms with van der Waals surface area (Å²) in [4.78, 5) is 23.7. The highest BCUT2D eigenvalue weighted by atomic mass is 16.5. The Morgan fingerprint density at radius 2 is 1.57 bits per heavy atom. The molecule has 6 N–H and O–H groups in total. The molecule has 2 rings (SSSR count). The molecule has 2 aromatic rings. The number of rotatable bonds is 9. The van der Waals surface area contributed by atoms with Gasteiger partial charge in [0, 0.05) is 18.7 Å². The maximum absolute atomic E-state index is 12.2. The second kappa shape index (κ2) is 10.6. The first-order valence-electron chi connectivity index (χ1n) is 9.29. The molecular formula is C21H28N4O3. The number of hydroxylamine groups is 1. The first-order chi connectivity index (χ1) is 13.4. The van der Waals surface area contributed by atoms with E-state index in [-0.39, 0.29) is 6.54 Å². The van der Waals surface area contributed by atoms with E-state index in [2.05, 4.69) is 48.7 Å². The highest BCUT2D eigenvalue weighted by Gasteiger charge is 2.19. The Labute approximate surface area is 165 Å². The highest BCUT2D eigenvalue weighted by molar-refractivity contribution is 5.97. The van der Waals surface area contributed by atoms with Gasteiger partial charge in [-0.1, -0.05) is 50.2 Å². The van der Waals surface area contributed by atoms with Crippen LogP contribution in [0.2, 0.25) is 0 Å². The zero-order valence-electron chi connectivity index (χ0n) is 16.2. The van der Waals surface area contributed by atoms with Gasteiger partial charge in [-0.15, -0.1) is 0 Å². The van der Waals surface area contributed by atoms with E-state index in [1.807, 2.05) is 12.1 Å². The molecule has 0 radical (unpaired) electrons. The molecule has 0 aliphatic carbocycles. The van der Waals surface area contributed by atoms with Crippen LogP contribution in [0.4, 0.5) is 0 Å². The number of nitrogens with two attached hydrogens (primary N) is 1. The van der Waals surface area contributed by atoms with Crippen LogP contribution in [0.5, 0.6) is 0 Å². The van der Waals surface area contributed by atoms with Gasteiger partial charge < -0.3 is 16.4 Å². The molecule has 7 nitrogen and oxygen atoms in total. The average Bonchev–Trinajstić information content (AvgIpc) is 2.71. The fraction of sp³-hybridized carbons (Fsp3) is 0.333. The lowest BCUT2D eigenvalue weighted by molar-refractivity contribution is -0.130. The van der Waals surface area contributed by atoms with Gasteiger partial charge in [0.05, 0.1) is 0 Å². The lowest BCUT2D eigenvalue weighted by atomic mass is 10.0. The Hall–Kier alpha value is -2.74. The van der Waals surface area contributed by atoms with Gasteiger partial charge in [0.2, 0.25) is 0 Å². The van der Waals surface area contributed by atoms with Crippen LogP contribution in [0.1, 0.15) is 29.8 Å². The van der Waals surface area contributed by atoms with E-state index in [0.717, 1.165) is 24.2 Å². The van der Waals surface area contributed by atoms with E-state index in [1.54, 1.807) is 12.1 Å². The Kier molecular flexibility index (Phi) is 8.13. The molecule has 7 heteroatoms. The Morgan fingerprint density at radius 1 is 1.00 bits per heavy atom. The highest BCUT2D eigenvalue weighted by Crippen LogP contribution is 2.20. The van der Waals surface area contributed by atoms with Crippen molar-refractivity contribution in [1.82, 2.24) is 16.1 Å². The molecular weight excluding hydrogens is 356 g/mol. The standard InChI is InChI=1S/C21H28N4O3/c1-14(2)12-23-13-15-3-5-16(6-4-15)17-7-9-18(10-8-17)20(26)24-19(11-22)21(27)25-28/h3-10,14,19,23,28H,11-13,22H2,1-2H3,(H,24,26)(H,25,27)/t19-/m0/s1. The summed E-state index contributed by atoms with van der Waals surface area (Å²) in [7, 11) is 0. The van der Waals surface area contributed by atoms with Crippen LogP contribution in [0, 0.1) is 5.92 Å². The van der Waals surface area contributed by atoms with E-state index >= 15 is 0 Å². The van der Waals surface area contributed by atoms with Gasteiger partial charge >= 0.3 is 0 Å². The summed E-state index contributed by atoms with van der Waals surface area (Å²) in [6.45, 7) is 6.06. The second-order valence-corrected chi connectivity index (χ2v) is 7.04. The molecule has 0 aliphatic heterocycles. The van der Waals surface area contributed by atoms with Crippen LogP contribution >= 0.6 is 0 Å². The topological polar surface area (TPSA) is 116 Å². The molecule has 0 unspecified atom stereocenters. The van der Waals surface area contributed by atoms with Gasteiger partial charge in [-0.2, -0.15) is 0 Å². The van der Waals surface area contributed by atoms with Gasteiger partial charge in [-0.3, -0.25) is 14.8 Å². The Bertz CT molecular complexity index is 773. The molecule has 2 aromatic carbocycles. The summed E-state index contributed by atoms with van der Waals surface area (Å²) in [6.07, 6.45) is 0. The van der Waals surface area contributed by atoms with Crippen LogP contribution in [0.25, 0.3) is 11.1 Å². The van der Waals surface area contributed by atoms with E-state index in [0.29, 0.717) is 11.5 Å². The third-order valence-corrected chi connectivity index (χ3v) is 4.28. The molecule has 0 aromatic heterocycles. The second-order valence-electron chi connectivity index (χ2n) is 7.04. The first kappa shape index (κ1) is 21.6. The lowest BCUT2D eigenvalue weighted by Crippen LogP contribution is -2.50. The molecule has 0 saturated heterocycles. The fourth-order valence-electron chi connectivity index (χ4n) is 2.69. The van der Waals surface area contributed by atoms with Gasteiger partial charge in [0.25, 0.3) is 11.8 Å². The maximum atomic E-state index is 12.2. The Balaban J connectivity index is 1.99. The zero-order valence-corrected chi connectivity index (χ0v) is 16.2. The molecule has 28 heavy (non-hydrogen) atoms. The molecule has 0 bridgehead atoms. The predicted molar refractivity (Wildman–Crippen MR) is 109 cm³/mol. The largest absolute Gasteiger partial charge is 0.339 e. The van der Waals surface area contributed by atoms with E-state index in [4.69, 9.17) is 10.9 Å². The molecule has 0 aliphatic rings. The zero-order chi connectivity index (χ0) is 20.5. The minimum atomic E-state index is -0.992. The SMILES string of the molecule is CC(C)CNCc1ccc(-c2ccc(C(=O)N[C@@H](CN)C(=O)NO)cc2)cc1. The normalized spacial score (nSPS) is 11.9. The number of hydrogen-bond donors (Lipinski definition) is 5. The summed E-state index contributed by atoms with van der Waals surface area (Å²) in [5, 5.41) is 14.6. The van der Waals surface area contributed by atoms with Crippen molar-refractivity contribution in [2.75, 3.05) is 13.1 Å². The van der Waals surface area contributed by atoms with Crippen molar-refractivity contribution < 1.29 is 14.8 Å². The minimum Gasteiger partial charge on any atom is -0.339 e. The fourth-order valence-corrected chi connectivity index (χ4v) is 2.69. The van der Waals surface area contributed by atoms with E-state index in [1.165, 1.54) is 11.0 Å². The van der Waals surface area contributed by atoms with Crippen molar-refractivity contribution in [1.29, 1.82) is 0 Å². The summed E-state index contributed by atoms with van der Waals surface area (Å²) >= 11 is 0. The van der Waals surface area contributed by atoms with Crippen molar-refractivity contribution >= 4 is 11.8 Å². The summed E-state index contributed by atoms with van der Waals surface area (Å²) < 4.78 is 0. The van der Waals surface area contributed by atoms with Gasteiger partial charge in [-0.25, -0.2) is 5.48 Å². The quantitative estimate of drug-likeness (QED) is 0.333. The molecule has 1 atom stereocenters. The third-order valence-electron chi connectivity index (χ3n) is 4.28. The van der Waals surface area contributed by atoms with Crippen LogP contribution in [0.3, 0.4) is 0 Å². The van der Waals surface area contributed by atoms with Gasteiger partial charge in [-0.05, 0) is 41.3 Å². The lowest BCUT2D eigenvalue weighted by Gasteiger charge is -2.14. The predicted octanol–water partition coefficient (Wildman–Crippen LogP) is 1.66. The van der Waals surface area contributed by atoms with Crippen molar-refractivity contribution in [3.05, 3.63) is 59.7 Å². The molecule has 0 heterocycles. The number of carbonyl (C=O) groups is 2. The van der Waals surface area contributed by atoms with Crippen molar-refractivity contribution in [3.8, 4) is 11.1 Å². The third kappa shape index (κ3) is 6.16. The molecule has 0 fully saturated rings. The number of amides is 2. The minimum absolute atomic E-state index is 0.116. The smallest absolute Gasteiger partial charge is 0.267 e. The molecule has 0 spiro atoms. The van der Waals surface area contributed by atoms with E-state index in [9.17, 15) is 9.59 Å². The van der Waals surface area contributed by atoms with Crippen LogP contribution < -0.4 is 21.8 Å². The molecule has 150 valence electrons. The number of carbonyl (C=O) groups excluding carboxylic acids is 2. The molecule has 0 saturated carbocycles. The van der Waals surface area contributed by atoms with Crippen molar-refractivity contribution in [2.24, 2.45) is 11.7 Å². The van der Waals surface area contributed by atoms with Crippen LogP contribution in [-0.4, -0.2) is 36.2 Å². The molecule has 2 amide bonds. The van der Waals surface area contributed by atoms with Crippen LogP contribution in [-0.2, 0) is 11.3 Å². The Morgan fingerprint density at radius 3 is 2.07 bits per heavy atom. The van der Waals surface area contributed by atoms with Crippen LogP contribution in [0.15, 0.2) is 48.5 Å². The first-order valence-corrected chi connectivity index (χ1v) is 9.29. The monoisotopic (exact) mass is 384 g/mol. The van der Waals surface area contributed by atoms with Crippen molar-refractivity contribution in [3.63, 3.8) is 0 Å². The average molecular weight is 384 g/mol. The van der Waals surface area contributed by atoms with Crippen molar-refractivity contribution in [2.45, 2.75) is 26.4 Å².